The molecule has 12 heteroatoms. The van der Waals surface area contributed by atoms with E-state index in [2.05, 4.69) is 15.4 Å². The third-order valence-electron chi connectivity index (χ3n) is 6.73. The lowest BCUT2D eigenvalue weighted by molar-refractivity contribution is -0.155. The van der Waals surface area contributed by atoms with Crippen LogP contribution >= 0.6 is 0 Å². The van der Waals surface area contributed by atoms with E-state index in [-0.39, 0.29) is 18.9 Å². The molecule has 0 bridgehead atoms. The predicted octanol–water partition coefficient (Wildman–Crippen LogP) is 1.49. The lowest BCUT2D eigenvalue weighted by Gasteiger charge is -2.35. The van der Waals surface area contributed by atoms with Gasteiger partial charge in [-0.2, -0.15) is 13.2 Å². The molecule has 3 amide bonds. The van der Waals surface area contributed by atoms with E-state index in [0.717, 1.165) is 18.6 Å². The smallest absolute Gasteiger partial charge is 0.417 e. The number of carbonyl (C=O) groups is 4. The van der Waals surface area contributed by atoms with Crippen LogP contribution < -0.4 is 10.6 Å². The summed E-state index contributed by atoms with van der Waals surface area (Å²) in [5, 5.41) is 14.8. The highest BCUT2D eigenvalue weighted by Crippen LogP contribution is 2.33. The lowest BCUT2D eigenvalue weighted by atomic mass is 9.98. The first kappa shape index (κ1) is 25.0. The first-order valence-electron chi connectivity index (χ1n) is 11.5. The van der Waals surface area contributed by atoms with E-state index in [9.17, 15) is 37.5 Å². The van der Waals surface area contributed by atoms with Gasteiger partial charge in [-0.15, -0.1) is 0 Å². The minimum absolute atomic E-state index is 0.200. The van der Waals surface area contributed by atoms with Gasteiger partial charge in [-0.05, 0) is 37.8 Å². The number of esters is 1. The third kappa shape index (κ3) is 5.26. The molecular weight excluding hydrogens is 471 g/mol. The van der Waals surface area contributed by atoms with Crippen molar-refractivity contribution in [2.75, 3.05) is 0 Å². The summed E-state index contributed by atoms with van der Waals surface area (Å²) < 4.78 is 44.7. The average molecular weight is 497 g/mol. The Morgan fingerprint density at radius 1 is 1.03 bits per heavy atom. The molecule has 1 aromatic carbocycles. The van der Waals surface area contributed by atoms with Gasteiger partial charge in [-0.25, -0.2) is 0 Å². The summed E-state index contributed by atoms with van der Waals surface area (Å²) >= 11 is 0. The van der Waals surface area contributed by atoms with Gasteiger partial charge in [0.05, 0.1) is 17.5 Å². The van der Waals surface area contributed by atoms with Crippen molar-refractivity contribution in [2.45, 2.75) is 81.6 Å². The Balaban J connectivity index is 1.51. The van der Waals surface area contributed by atoms with Crippen molar-refractivity contribution in [3.63, 3.8) is 0 Å². The van der Waals surface area contributed by atoms with Crippen LogP contribution in [-0.4, -0.2) is 64.2 Å². The van der Waals surface area contributed by atoms with E-state index >= 15 is 0 Å². The summed E-state index contributed by atoms with van der Waals surface area (Å²) in [6, 6.07) is 1.16. The number of rotatable bonds is 4. The zero-order valence-corrected chi connectivity index (χ0v) is 18.7. The van der Waals surface area contributed by atoms with E-state index in [4.69, 9.17) is 0 Å². The van der Waals surface area contributed by atoms with Crippen LogP contribution in [0.15, 0.2) is 24.3 Å². The second-order valence-corrected chi connectivity index (χ2v) is 9.05. The Kier molecular flexibility index (Phi) is 7.02. The SMILES string of the molecule is O=C1CC(NC(=O)[C@@H]2CC[C@@H]3CCCC[C@H](NC(=O)c4ccccc4C(F)(F)F)C(=O)N32)C(O)O1. The first-order valence-corrected chi connectivity index (χ1v) is 11.5. The Bertz CT molecular complexity index is 1020. The van der Waals surface area contributed by atoms with Crippen LogP contribution in [0.1, 0.15) is 60.9 Å². The van der Waals surface area contributed by atoms with Gasteiger partial charge in [0.25, 0.3) is 5.91 Å². The number of halogens is 3. The number of ether oxygens (including phenoxy) is 1. The van der Waals surface area contributed by atoms with Gasteiger partial charge < -0.3 is 25.4 Å². The van der Waals surface area contributed by atoms with Crippen LogP contribution in [0, 0.1) is 0 Å². The highest BCUT2D eigenvalue weighted by molar-refractivity contribution is 5.99. The number of fused-ring (bicyclic) bond motifs is 1. The highest BCUT2D eigenvalue weighted by atomic mass is 19.4. The number of nitrogens with one attached hydrogen (secondary N) is 2. The predicted molar refractivity (Wildman–Crippen MR) is 113 cm³/mol. The molecule has 0 radical (unpaired) electrons. The molecule has 3 saturated heterocycles. The number of aliphatic hydroxyl groups excluding tert-OH is 1. The topological polar surface area (TPSA) is 125 Å². The molecule has 4 rings (SSSR count). The lowest BCUT2D eigenvalue weighted by Crippen LogP contribution is -2.57. The zero-order chi connectivity index (χ0) is 25.3. The van der Waals surface area contributed by atoms with E-state index in [1.165, 1.54) is 17.0 Å². The van der Waals surface area contributed by atoms with Crippen molar-refractivity contribution in [3.8, 4) is 0 Å². The summed E-state index contributed by atoms with van der Waals surface area (Å²) in [4.78, 5) is 52.0. The first-order chi connectivity index (χ1) is 16.6. The number of hydrogen-bond donors (Lipinski definition) is 3. The molecule has 9 nitrogen and oxygen atoms in total. The maximum atomic E-state index is 13.5. The Morgan fingerprint density at radius 3 is 2.43 bits per heavy atom. The van der Waals surface area contributed by atoms with Gasteiger partial charge >= 0.3 is 12.1 Å². The van der Waals surface area contributed by atoms with E-state index in [0.29, 0.717) is 25.7 Å². The van der Waals surface area contributed by atoms with E-state index in [1.807, 2.05) is 0 Å². The molecule has 0 spiro atoms. The Morgan fingerprint density at radius 2 is 1.74 bits per heavy atom. The molecule has 3 aliphatic rings. The molecule has 3 fully saturated rings. The molecule has 5 atom stereocenters. The second-order valence-electron chi connectivity index (χ2n) is 9.05. The quantitative estimate of drug-likeness (QED) is 0.542. The fraction of sp³-hybridized carbons (Fsp3) is 0.565. The fourth-order valence-electron chi connectivity index (χ4n) is 5.03. The summed E-state index contributed by atoms with van der Waals surface area (Å²) in [5.74, 6) is -2.77. The number of amides is 3. The summed E-state index contributed by atoms with van der Waals surface area (Å²) in [6.07, 6.45) is -3.34. The number of carbonyl (C=O) groups excluding carboxylic acids is 4. The molecule has 3 N–H and O–H groups in total. The van der Waals surface area contributed by atoms with Crippen molar-refractivity contribution in [1.29, 1.82) is 0 Å². The molecule has 190 valence electrons. The largest absolute Gasteiger partial charge is 0.434 e. The summed E-state index contributed by atoms with van der Waals surface area (Å²) in [6.45, 7) is 0. The van der Waals surface area contributed by atoms with Crippen LogP contribution in [-0.2, 0) is 25.3 Å². The monoisotopic (exact) mass is 497 g/mol. The van der Waals surface area contributed by atoms with Crippen LogP contribution in [0.5, 0.6) is 0 Å². The standard InChI is InChI=1S/C23H26F3N3O6/c24-23(25,26)14-7-3-2-6-13(14)19(31)27-15-8-4-1-5-12-9-10-17(29(12)21(15)33)20(32)28-16-11-18(30)35-22(16)34/h2-3,6-7,12,15-17,22,34H,1,4-5,8-11H2,(H,27,31)(H,28,32)/t12-,15-,16?,17-,22?/m0/s1. The van der Waals surface area contributed by atoms with Crippen molar-refractivity contribution < 1.29 is 42.2 Å². The number of alkyl halides is 3. The van der Waals surface area contributed by atoms with E-state index < -0.39 is 65.4 Å². The number of aliphatic hydroxyl groups is 1. The zero-order valence-electron chi connectivity index (χ0n) is 18.7. The van der Waals surface area contributed by atoms with Crippen LogP contribution in [0.4, 0.5) is 13.2 Å². The van der Waals surface area contributed by atoms with Gasteiger partial charge in [0, 0.05) is 6.04 Å². The Hall–Kier alpha value is -3.15. The van der Waals surface area contributed by atoms with Gasteiger partial charge in [0.2, 0.25) is 18.1 Å². The van der Waals surface area contributed by atoms with E-state index in [1.54, 1.807) is 0 Å². The molecule has 35 heavy (non-hydrogen) atoms. The fourth-order valence-corrected chi connectivity index (χ4v) is 5.03. The maximum absolute atomic E-state index is 13.5. The summed E-state index contributed by atoms with van der Waals surface area (Å²) in [7, 11) is 0. The molecule has 3 heterocycles. The minimum Gasteiger partial charge on any atom is -0.434 e. The van der Waals surface area contributed by atoms with Gasteiger partial charge in [-0.1, -0.05) is 25.0 Å². The van der Waals surface area contributed by atoms with Crippen molar-refractivity contribution in [3.05, 3.63) is 35.4 Å². The van der Waals surface area contributed by atoms with Crippen LogP contribution in [0.2, 0.25) is 0 Å². The average Bonchev–Trinajstić information content (AvgIpc) is 3.35. The minimum atomic E-state index is -4.74. The number of hydrogen-bond acceptors (Lipinski definition) is 6. The second kappa shape index (κ2) is 9.84. The third-order valence-corrected chi connectivity index (χ3v) is 6.73. The summed E-state index contributed by atoms with van der Waals surface area (Å²) in [5.41, 5.74) is -1.68. The molecule has 2 unspecified atom stereocenters. The number of nitrogens with zero attached hydrogens (tertiary/aromatic N) is 1. The van der Waals surface area contributed by atoms with Crippen LogP contribution in [0.25, 0.3) is 0 Å². The van der Waals surface area contributed by atoms with Crippen molar-refractivity contribution in [2.24, 2.45) is 0 Å². The molecule has 0 saturated carbocycles. The molecule has 0 aromatic heterocycles. The molecule has 1 aromatic rings. The van der Waals surface area contributed by atoms with Crippen LogP contribution in [0.3, 0.4) is 0 Å². The van der Waals surface area contributed by atoms with Gasteiger partial charge in [0.15, 0.2) is 0 Å². The highest BCUT2D eigenvalue weighted by Gasteiger charge is 2.46. The molecular formula is C23H26F3N3O6. The molecule has 0 aliphatic carbocycles. The van der Waals surface area contributed by atoms with Gasteiger partial charge in [-0.3, -0.25) is 19.2 Å². The molecule has 3 aliphatic heterocycles. The maximum Gasteiger partial charge on any atom is 0.417 e. The normalized spacial score (nSPS) is 29.1. The van der Waals surface area contributed by atoms with Crippen molar-refractivity contribution in [1.82, 2.24) is 15.5 Å². The number of benzene rings is 1. The Labute approximate surface area is 199 Å². The number of cyclic esters (lactones) is 1. The van der Waals surface area contributed by atoms with Gasteiger partial charge in [0.1, 0.15) is 18.1 Å². The van der Waals surface area contributed by atoms with Crippen molar-refractivity contribution >= 4 is 23.7 Å².